The summed E-state index contributed by atoms with van der Waals surface area (Å²) in [5.41, 5.74) is 3.36. The van der Waals surface area contributed by atoms with E-state index in [9.17, 15) is 10.2 Å². The summed E-state index contributed by atoms with van der Waals surface area (Å²) in [6.45, 7) is 11.5. The number of rotatable bonds is 8. The summed E-state index contributed by atoms with van der Waals surface area (Å²) in [6, 6.07) is 0. The predicted octanol–water partition coefficient (Wildman–Crippen LogP) is 3.76. The lowest BCUT2D eigenvalue weighted by Gasteiger charge is -2.10. The summed E-state index contributed by atoms with van der Waals surface area (Å²) in [6.07, 6.45) is 6.98. The molecule has 104 valence electrons. The van der Waals surface area contributed by atoms with Crippen LogP contribution in [0, 0.1) is 0 Å². The molecule has 0 aliphatic heterocycles. The third-order valence-electron chi connectivity index (χ3n) is 2.94. The van der Waals surface area contributed by atoms with Gasteiger partial charge in [-0.3, -0.25) is 0 Å². The van der Waals surface area contributed by atoms with Crippen LogP contribution in [0.4, 0.5) is 0 Å². The van der Waals surface area contributed by atoms with Crippen molar-refractivity contribution < 1.29 is 10.2 Å². The van der Waals surface area contributed by atoms with Gasteiger partial charge in [-0.2, -0.15) is 0 Å². The molecular weight excluding hydrogens is 224 g/mol. The van der Waals surface area contributed by atoms with Crippen molar-refractivity contribution in [2.45, 2.75) is 65.6 Å². The summed E-state index contributed by atoms with van der Waals surface area (Å²) >= 11 is 0. The Kier molecular flexibility index (Phi) is 8.69. The van der Waals surface area contributed by atoms with Gasteiger partial charge in [0, 0.05) is 0 Å². The zero-order valence-corrected chi connectivity index (χ0v) is 12.2. The van der Waals surface area contributed by atoms with Crippen molar-refractivity contribution >= 4 is 0 Å². The van der Waals surface area contributed by atoms with Gasteiger partial charge in [0.2, 0.25) is 0 Å². The SMILES string of the molecule is C=C(C)C(O)CCC(C)=CCCC(C)=CC(C)O. The fourth-order valence-corrected chi connectivity index (χ4v) is 1.75. The summed E-state index contributed by atoms with van der Waals surface area (Å²) in [7, 11) is 0. The number of aliphatic hydroxyl groups excluding tert-OH is 2. The average molecular weight is 252 g/mol. The molecule has 0 fully saturated rings. The number of aliphatic hydroxyl groups is 2. The van der Waals surface area contributed by atoms with Gasteiger partial charge < -0.3 is 10.2 Å². The Bertz CT molecular complexity index is 311. The second-order valence-electron chi connectivity index (χ2n) is 5.24. The first-order chi connectivity index (χ1) is 8.32. The van der Waals surface area contributed by atoms with Crippen LogP contribution >= 0.6 is 0 Å². The largest absolute Gasteiger partial charge is 0.389 e. The minimum absolute atomic E-state index is 0.360. The average Bonchev–Trinajstić information content (AvgIpc) is 2.24. The minimum Gasteiger partial charge on any atom is -0.389 e. The minimum atomic E-state index is -0.384. The van der Waals surface area contributed by atoms with Crippen LogP contribution in [0.1, 0.15) is 53.4 Å². The highest BCUT2D eigenvalue weighted by Crippen LogP contribution is 2.14. The normalized spacial score (nSPS) is 16.6. The van der Waals surface area contributed by atoms with Gasteiger partial charge in [-0.05, 0) is 53.4 Å². The zero-order valence-electron chi connectivity index (χ0n) is 12.2. The quantitative estimate of drug-likeness (QED) is 0.646. The van der Waals surface area contributed by atoms with Gasteiger partial charge in [-0.1, -0.05) is 35.5 Å². The molecule has 0 amide bonds. The Labute approximate surface area is 112 Å². The van der Waals surface area contributed by atoms with Gasteiger partial charge in [0.15, 0.2) is 0 Å². The molecule has 0 saturated carbocycles. The Hall–Kier alpha value is -0.860. The molecule has 0 radical (unpaired) electrons. The molecule has 0 aromatic heterocycles. The highest BCUT2D eigenvalue weighted by Gasteiger charge is 2.04. The Morgan fingerprint density at radius 2 is 1.72 bits per heavy atom. The molecule has 0 bridgehead atoms. The van der Waals surface area contributed by atoms with Crippen LogP contribution in [0.2, 0.25) is 0 Å². The third-order valence-corrected chi connectivity index (χ3v) is 2.94. The van der Waals surface area contributed by atoms with Crippen LogP contribution < -0.4 is 0 Å². The highest BCUT2D eigenvalue weighted by molar-refractivity contribution is 5.06. The number of hydrogen-bond acceptors (Lipinski definition) is 2. The van der Waals surface area contributed by atoms with E-state index in [2.05, 4.69) is 19.6 Å². The van der Waals surface area contributed by atoms with Crippen molar-refractivity contribution in [3.8, 4) is 0 Å². The fraction of sp³-hybridized carbons (Fsp3) is 0.625. The molecule has 18 heavy (non-hydrogen) atoms. The van der Waals surface area contributed by atoms with E-state index < -0.39 is 0 Å². The van der Waals surface area contributed by atoms with Crippen LogP contribution in [0.5, 0.6) is 0 Å². The maximum atomic E-state index is 9.62. The van der Waals surface area contributed by atoms with E-state index in [1.54, 1.807) is 6.92 Å². The van der Waals surface area contributed by atoms with E-state index in [0.29, 0.717) is 0 Å². The lowest BCUT2D eigenvalue weighted by molar-refractivity contribution is 0.201. The Balaban J connectivity index is 3.95. The molecule has 2 N–H and O–H groups in total. The fourth-order valence-electron chi connectivity index (χ4n) is 1.75. The summed E-state index contributed by atoms with van der Waals surface area (Å²) in [5, 5.41) is 18.8. The molecule has 0 aromatic rings. The van der Waals surface area contributed by atoms with Crippen molar-refractivity contribution in [3.05, 3.63) is 35.5 Å². The standard InChI is InChI=1S/C16H28O2/c1-12(2)16(18)10-9-13(3)7-6-8-14(4)11-15(5)17/h7,11,15-18H,1,6,8-10H2,2-5H3. The van der Waals surface area contributed by atoms with Gasteiger partial charge in [0.25, 0.3) is 0 Å². The second-order valence-corrected chi connectivity index (χ2v) is 5.24. The van der Waals surface area contributed by atoms with Gasteiger partial charge in [-0.15, -0.1) is 0 Å². The van der Waals surface area contributed by atoms with E-state index in [0.717, 1.165) is 31.3 Å². The van der Waals surface area contributed by atoms with Gasteiger partial charge in [0.05, 0.1) is 12.2 Å². The Morgan fingerprint density at radius 1 is 1.11 bits per heavy atom. The topological polar surface area (TPSA) is 40.5 Å². The van der Waals surface area contributed by atoms with E-state index >= 15 is 0 Å². The molecule has 0 saturated heterocycles. The molecule has 0 heterocycles. The summed E-state index contributed by atoms with van der Waals surface area (Å²) in [4.78, 5) is 0. The van der Waals surface area contributed by atoms with Gasteiger partial charge in [-0.25, -0.2) is 0 Å². The molecule has 0 aliphatic rings. The van der Waals surface area contributed by atoms with Crippen LogP contribution in [0.25, 0.3) is 0 Å². The first-order valence-electron chi connectivity index (χ1n) is 6.67. The molecule has 0 rings (SSSR count). The predicted molar refractivity (Wildman–Crippen MR) is 78.5 cm³/mol. The molecule has 0 spiro atoms. The molecular formula is C16H28O2. The van der Waals surface area contributed by atoms with Crippen LogP contribution in [-0.4, -0.2) is 22.4 Å². The summed E-state index contributed by atoms with van der Waals surface area (Å²) < 4.78 is 0. The van der Waals surface area contributed by atoms with Crippen LogP contribution in [-0.2, 0) is 0 Å². The maximum absolute atomic E-state index is 9.62. The summed E-state index contributed by atoms with van der Waals surface area (Å²) in [5.74, 6) is 0. The maximum Gasteiger partial charge on any atom is 0.0747 e. The van der Waals surface area contributed by atoms with Crippen LogP contribution in [0.15, 0.2) is 35.5 Å². The van der Waals surface area contributed by atoms with E-state index in [-0.39, 0.29) is 12.2 Å². The van der Waals surface area contributed by atoms with Crippen molar-refractivity contribution in [3.63, 3.8) is 0 Å². The first kappa shape index (κ1) is 17.1. The zero-order chi connectivity index (χ0) is 14.1. The van der Waals surface area contributed by atoms with Crippen molar-refractivity contribution in [1.29, 1.82) is 0 Å². The molecule has 0 aromatic carbocycles. The molecule has 2 nitrogen and oxygen atoms in total. The van der Waals surface area contributed by atoms with Gasteiger partial charge >= 0.3 is 0 Å². The monoisotopic (exact) mass is 252 g/mol. The molecule has 2 atom stereocenters. The Morgan fingerprint density at radius 3 is 2.22 bits per heavy atom. The molecule has 0 aliphatic carbocycles. The van der Waals surface area contributed by atoms with E-state index in [4.69, 9.17) is 0 Å². The van der Waals surface area contributed by atoms with Crippen molar-refractivity contribution in [2.24, 2.45) is 0 Å². The number of allylic oxidation sites excluding steroid dienone is 3. The van der Waals surface area contributed by atoms with E-state index in [1.165, 1.54) is 11.1 Å². The smallest absolute Gasteiger partial charge is 0.0747 e. The highest BCUT2D eigenvalue weighted by atomic mass is 16.3. The first-order valence-corrected chi connectivity index (χ1v) is 6.67. The third kappa shape index (κ3) is 9.20. The number of hydrogen-bond donors (Lipinski definition) is 2. The lowest BCUT2D eigenvalue weighted by Crippen LogP contribution is -2.06. The molecule has 2 heteroatoms. The van der Waals surface area contributed by atoms with Crippen LogP contribution in [0.3, 0.4) is 0 Å². The van der Waals surface area contributed by atoms with E-state index in [1.807, 2.05) is 19.9 Å². The second kappa shape index (κ2) is 9.12. The molecule has 2 unspecified atom stereocenters. The van der Waals surface area contributed by atoms with Crippen molar-refractivity contribution in [2.75, 3.05) is 0 Å². The van der Waals surface area contributed by atoms with Crippen molar-refractivity contribution in [1.82, 2.24) is 0 Å². The lowest BCUT2D eigenvalue weighted by atomic mass is 10.0. The van der Waals surface area contributed by atoms with Gasteiger partial charge in [0.1, 0.15) is 0 Å².